The Morgan fingerprint density at radius 3 is 2.94 bits per heavy atom. The van der Waals surface area contributed by atoms with Gasteiger partial charge in [0, 0.05) is 13.1 Å². The number of nitrogens with zero attached hydrogens (tertiary/aromatic N) is 1. The van der Waals surface area contributed by atoms with E-state index >= 15 is 0 Å². The van der Waals surface area contributed by atoms with Crippen LogP contribution in [-0.4, -0.2) is 37.0 Å². The van der Waals surface area contributed by atoms with Crippen molar-refractivity contribution in [2.45, 2.75) is 25.3 Å². The fourth-order valence-electron chi connectivity index (χ4n) is 2.39. The summed E-state index contributed by atoms with van der Waals surface area (Å²) in [5, 5.41) is 3.03. The molecule has 0 saturated carbocycles. The first-order valence-corrected chi connectivity index (χ1v) is 6.42. The van der Waals surface area contributed by atoms with Gasteiger partial charge in [0.05, 0.1) is 6.04 Å². The van der Waals surface area contributed by atoms with Crippen molar-refractivity contribution in [3.05, 3.63) is 35.6 Å². The van der Waals surface area contributed by atoms with Crippen molar-refractivity contribution in [3.8, 4) is 0 Å². The normalized spacial score (nSPS) is 20.2. The largest absolute Gasteiger partial charge is 0.341 e. The van der Waals surface area contributed by atoms with Crippen molar-refractivity contribution in [2.75, 3.05) is 20.1 Å². The van der Waals surface area contributed by atoms with Gasteiger partial charge < -0.3 is 10.2 Å². The Hall–Kier alpha value is -1.42. The Balaban J connectivity index is 1.94. The number of likely N-dealkylation sites (tertiary alicyclic amines) is 1. The first-order valence-electron chi connectivity index (χ1n) is 6.42. The first kappa shape index (κ1) is 13.0. The van der Waals surface area contributed by atoms with E-state index in [2.05, 4.69) is 5.32 Å². The van der Waals surface area contributed by atoms with Crippen molar-refractivity contribution in [2.24, 2.45) is 0 Å². The van der Waals surface area contributed by atoms with Gasteiger partial charge in [-0.15, -0.1) is 0 Å². The summed E-state index contributed by atoms with van der Waals surface area (Å²) < 4.78 is 13.5. The molecule has 1 fully saturated rings. The molecule has 0 aromatic heterocycles. The highest BCUT2D eigenvalue weighted by atomic mass is 19.1. The number of amides is 1. The van der Waals surface area contributed by atoms with Gasteiger partial charge in [0.1, 0.15) is 5.82 Å². The molecule has 1 heterocycles. The monoisotopic (exact) mass is 250 g/mol. The summed E-state index contributed by atoms with van der Waals surface area (Å²) >= 11 is 0. The fourth-order valence-corrected chi connectivity index (χ4v) is 2.39. The van der Waals surface area contributed by atoms with Crippen LogP contribution < -0.4 is 5.32 Å². The first-order chi connectivity index (χ1) is 8.72. The van der Waals surface area contributed by atoms with Crippen molar-refractivity contribution in [1.29, 1.82) is 0 Å². The number of nitrogens with one attached hydrogen (secondary N) is 1. The molecule has 1 amide bonds. The second kappa shape index (κ2) is 5.96. The minimum atomic E-state index is -0.188. The summed E-state index contributed by atoms with van der Waals surface area (Å²) in [5.74, 6) is -0.0489. The van der Waals surface area contributed by atoms with Gasteiger partial charge in [0.25, 0.3) is 0 Å². The van der Waals surface area contributed by atoms with Crippen LogP contribution >= 0.6 is 0 Å². The lowest BCUT2D eigenvalue weighted by atomic mass is 10.0. The van der Waals surface area contributed by atoms with Crippen LogP contribution in [0.1, 0.15) is 18.4 Å². The van der Waals surface area contributed by atoms with Gasteiger partial charge in [-0.1, -0.05) is 18.2 Å². The zero-order chi connectivity index (χ0) is 13.0. The highest BCUT2D eigenvalue weighted by molar-refractivity contribution is 5.82. The molecular weight excluding hydrogens is 231 g/mol. The highest BCUT2D eigenvalue weighted by Gasteiger charge is 2.26. The van der Waals surface area contributed by atoms with Gasteiger partial charge in [-0.05, 0) is 37.9 Å². The van der Waals surface area contributed by atoms with Crippen LogP contribution in [-0.2, 0) is 11.2 Å². The molecule has 1 N–H and O–H groups in total. The molecule has 1 unspecified atom stereocenters. The third-order valence-corrected chi connectivity index (χ3v) is 3.49. The summed E-state index contributed by atoms with van der Waals surface area (Å²) in [6.45, 7) is 1.38. The number of rotatable bonds is 4. The average molecular weight is 250 g/mol. The second-order valence-electron chi connectivity index (χ2n) is 4.65. The summed E-state index contributed by atoms with van der Waals surface area (Å²) in [5.41, 5.74) is 0.678. The Labute approximate surface area is 107 Å². The van der Waals surface area contributed by atoms with Crippen LogP contribution in [0, 0.1) is 5.82 Å². The van der Waals surface area contributed by atoms with Gasteiger partial charge >= 0.3 is 0 Å². The van der Waals surface area contributed by atoms with Crippen molar-refractivity contribution in [3.63, 3.8) is 0 Å². The second-order valence-corrected chi connectivity index (χ2v) is 4.65. The Morgan fingerprint density at radius 2 is 2.22 bits per heavy atom. The molecule has 1 aliphatic rings. The highest BCUT2D eigenvalue weighted by Crippen LogP contribution is 2.13. The number of carbonyl (C=O) groups excluding carboxylic acids is 1. The Kier molecular flexibility index (Phi) is 4.31. The Bertz CT molecular complexity index is 422. The summed E-state index contributed by atoms with van der Waals surface area (Å²) in [6.07, 6.45) is 2.48. The molecule has 1 aliphatic heterocycles. The third kappa shape index (κ3) is 2.88. The standard InChI is InChI=1S/C14H19FN2O/c1-16-13-7-4-9-17(14(13)18)10-8-11-5-2-3-6-12(11)15/h2-3,5-6,13,16H,4,7-10H2,1H3. The van der Waals surface area contributed by atoms with Crippen molar-refractivity contribution >= 4 is 5.91 Å². The molecule has 98 valence electrons. The molecule has 4 heteroatoms. The van der Waals surface area contributed by atoms with Gasteiger partial charge in [0.15, 0.2) is 0 Å². The van der Waals surface area contributed by atoms with Gasteiger partial charge in [-0.2, -0.15) is 0 Å². The minimum absolute atomic E-state index is 0.0700. The predicted molar refractivity (Wildman–Crippen MR) is 68.8 cm³/mol. The van der Waals surface area contributed by atoms with Gasteiger partial charge in [-0.25, -0.2) is 4.39 Å². The molecule has 1 atom stereocenters. The lowest BCUT2D eigenvalue weighted by molar-refractivity contribution is -0.135. The van der Waals surface area contributed by atoms with Gasteiger partial charge in [0.2, 0.25) is 5.91 Å². The van der Waals surface area contributed by atoms with Crippen molar-refractivity contribution < 1.29 is 9.18 Å². The lowest BCUT2D eigenvalue weighted by Crippen LogP contribution is -2.50. The smallest absolute Gasteiger partial charge is 0.239 e. The summed E-state index contributed by atoms with van der Waals surface area (Å²) in [7, 11) is 1.81. The zero-order valence-electron chi connectivity index (χ0n) is 10.7. The van der Waals surface area contributed by atoms with E-state index in [0.29, 0.717) is 18.5 Å². The van der Waals surface area contributed by atoms with Crippen LogP contribution in [0.15, 0.2) is 24.3 Å². The van der Waals surface area contributed by atoms with Crippen LogP contribution in [0.3, 0.4) is 0 Å². The number of likely N-dealkylation sites (N-methyl/N-ethyl adjacent to an activating group) is 1. The number of carbonyl (C=O) groups is 1. The zero-order valence-corrected chi connectivity index (χ0v) is 10.7. The number of hydrogen-bond donors (Lipinski definition) is 1. The molecule has 0 spiro atoms. The fraction of sp³-hybridized carbons (Fsp3) is 0.500. The third-order valence-electron chi connectivity index (χ3n) is 3.49. The number of hydrogen-bond acceptors (Lipinski definition) is 2. The maximum atomic E-state index is 13.5. The molecule has 0 radical (unpaired) electrons. The average Bonchev–Trinajstić information content (AvgIpc) is 2.39. The summed E-state index contributed by atoms with van der Waals surface area (Å²) in [4.78, 5) is 13.9. The Morgan fingerprint density at radius 1 is 1.44 bits per heavy atom. The molecule has 0 bridgehead atoms. The minimum Gasteiger partial charge on any atom is -0.341 e. The van der Waals surface area contributed by atoms with E-state index in [0.717, 1.165) is 19.4 Å². The maximum Gasteiger partial charge on any atom is 0.239 e. The molecule has 1 aromatic rings. The van der Waals surface area contributed by atoms with Gasteiger partial charge in [-0.3, -0.25) is 4.79 Å². The van der Waals surface area contributed by atoms with Crippen LogP contribution in [0.4, 0.5) is 4.39 Å². The van der Waals surface area contributed by atoms with E-state index in [9.17, 15) is 9.18 Å². The molecule has 3 nitrogen and oxygen atoms in total. The van der Waals surface area contributed by atoms with E-state index in [-0.39, 0.29) is 17.8 Å². The number of halogens is 1. The molecule has 18 heavy (non-hydrogen) atoms. The maximum absolute atomic E-state index is 13.5. The summed E-state index contributed by atoms with van der Waals surface area (Å²) in [6, 6.07) is 6.68. The number of piperidine rings is 1. The van der Waals surface area contributed by atoms with Crippen molar-refractivity contribution in [1.82, 2.24) is 10.2 Å². The van der Waals surface area contributed by atoms with E-state index in [4.69, 9.17) is 0 Å². The molecule has 1 saturated heterocycles. The number of benzene rings is 1. The molecule has 0 aliphatic carbocycles. The quantitative estimate of drug-likeness (QED) is 0.880. The van der Waals surface area contributed by atoms with Crippen LogP contribution in [0.2, 0.25) is 0 Å². The molecule has 2 rings (SSSR count). The van der Waals surface area contributed by atoms with E-state index in [1.807, 2.05) is 18.0 Å². The van der Waals surface area contributed by atoms with Crippen LogP contribution in [0.5, 0.6) is 0 Å². The van der Waals surface area contributed by atoms with Crippen LogP contribution in [0.25, 0.3) is 0 Å². The molecular formula is C14H19FN2O. The van der Waals surface area contributed by atoms with E-state index in [1.54, 1.807) is 12.1 Å². The molecule has 1 aromatic carbocycles. The topological polar surface area (TPSA) is 32.3 Å². The van der Waals surface area contributed by atoms with E-state index in [1.165, 1.54) is 6.07 Å². The van der Waals surface area contributed by atoms with E-state index < -0.39 is 0 Å². The lowest BCUT2D eigenvalue weighted by Gasteiger charge is -2.32. The SMILES string of the molecule is CNC1CCCN(CCc2ccccc2F)C1=O. The predicted octanol–water partition coefficient (Wildman–Crippen LogP) is 1.58.